The highest BCUT2D eigenvalue weighted by atomic mass is 16.6. The zero-order valence-electron chi connectivity index (χ0n) is 16.1. The van der Waals surface area contributed by atoms with Crippen LogP contribution in [0.4, 0.5) is 0 Å². The van der Waals surface area contributed by atoms with Gasteiger partial charge in [-0.1, -0.05) is 110 Å². The van der Waals surface area contributed by atoms with Gasteiger partial charge in [-0.05, 0) is 12.8 Å². The lowest BCUT2D eigenvalue weighted by atomic mass is 9.79. The summed E-state index contributed by atoms with van der Waals surface area (Å²) in [6.07, 6.45) is 5.27. The Morgan fingerprint density at radius 3 is 1.43 bits per heavy atom. The lowest BCUT2D eigenvalue weighted by Gasteiger charge is -2.37. The van der Waals surface area contributed by atoms with Crippen LogP contribution in [0, 0.1) is 5.92 Å². The summed E-state index contributed by atoms with van der Waals surface area (Å²) in [6.45, 7) is 0. The quantitative estimate of drug-likeness (QED) is 0.400. The van der Waals surface area contributed by atoms with E-state index in [-0.39, 0.29) is 11.9 Å². The second-order valence-electron chi connectivity index (χ2n) is 7.54. The molecule has 142 valence electrons. The fourth-order valence-electron chi connectivity index (χ4n) is 4.27. The molecule has 0 atom stereocenters. The van der Waals surface area contributed by atoms with Gasteiger partial charge >= 0.3 is 5.97 Å². The van der Waals surface area contributed by atoms with E-state index in [0.29, 0.717) is 0 Å². The van der Waals surface area contributed by atoms with Gasteiger partial charge in [0.15, 0.2) is 5.60 Å². The molecule has 3 aromatic rings. The fourth-order valence-corrected chi connectivity index (χ4v) is 4.27. The molecule has 1 aliphatic rings. The first-order valence-electron chi connectivity index (χ1n) is 10.2. The predicted octanol–water partition coefficient (Wildman–Crippen LogP) is 6.10. The average Bonchev–Trinajstić information content (AvgIpc) is 2.80. The maximum atomic E-state index is 13.3. The number of hydrogen-bond acceptors (Lipinski definition) is 2. The minimum Gasteiger partial charge on any atom is -0.444 e. The van der Waals surface area contributed by atoms with Crippen LogP contribution in [-0.2, 0) is 15.1 Å². The molecule has 0 spiro atoms. The molecule has 0 saturated heterocycles. The molecule has 4 rings (SSSR count). The lowest BCUT2D eigenvalue weighted by molar-refractivity contribution is -0.159. The van der Waals surface area contributed by atoms with Gasteiger partial charge in [-0.15, -0.1) is 0 Å². The summed E-state index contributed by atoms with van der Waals surface area (Å²) in [6, 6.07) is 30.3. The maximum absolute atomic E-state index is 13.3. The molecule has 0 amide bonds. The summed E-state index contributed by atoms with van der Waals surface area (Å²) in [5.74, 6) is -0.0967. The number of carbonyl (C=O) groups is 1. The number of rotatable bonds is 5. The highest BCUT2D eigenvalue weighted by molar-refractivity contribution is 5.74. The average molecular weight is 370 g/mol. The Balaban J connectivity index is 1.87. The first-order valence-corrected chi connectivity index (χ1v) is 10.2. The summed E-state index contributed by atoms with van der Waals surface area (Å²) in [7, 11) is 0. The van der Waals surface area contributed by atoms with Gasteiger partial charge in [0.25, 0.3) is 0 Å². The van der Waals surface area contributed by atoms with Gasteiger partial charge in [-0.2, -0.15) is 0 Å². The molecule has 0 heterocycles. The Morgan fingerprint density at radius 2 is 1.04 bits per heavy atom. The van der Waals surface area contributed by atoms with Crippen molar-refractivity contribution >= 4 is 5.97 Å². The van der Waals surface area contributed by atoms with Gasteiger partial charge in [0.05, 0.1) is 5.92 Å². The number of hydrogen-bond donors (Lipinski definition) is 0. The van der Waals surface area contributed by atoms with Crippen LogP contribution in [0.15, 0.2) is 91.0 Å². The molecule has 0 radical (unpaired) electrons. The van der Waals surface area contributed by atoms with Crippen LogP contribution in [0.25, 0.3) is 0 Å². The molecule has 1 aliphatic carbocycles. The minimum absolute atomic E-state index is 0.00994. The van der Waals surface area contributed by atoms with Gasteiger partial charge in [0.2, 0.25) is 0 Å². The topological polar surface area (TPSA) is 26.3 Å². The summed E-state index contributed by atoms with van der Waals surface area (Å²) >= 11 is 0. The van der Waals surface area contributed by atoms with Crippen molar-refractivity contribution in [1.29, 1.82) is 0 Å². The number of ether oxygens (including phenoxy) is 1. The molecule has 1 fully saturated rings. The number of benzene rings is 3. The third-order valence-electron chi connectivity index (χ3n) is 5.73. The van der Waals surface area contributed by atoms with E-state index in [1.54, 1.807) is 0 Å². The molecule has 0 aliphatic heterocycles. The maximum Gasteiger partial charge on any atom is 0.310 e. The van der Waals surface area contributed by atoms with Crippen LogP contribution in [0.1, 0.15) is 48.8 Å². The second kappa shape index (κ2) is 8.43. The number of carbonyl (C=O) groups excluding carboxylic acids is 1. The van der Waals surface area contributed by atoms with E-state index in [9.17, 15) is 4.79 Å². The summed E-state index contributed by atoms with van der Waals surface area (Å²) in [5, 5.41) is 0. The highest BCUT2D eigenvalue weighted by Crippen LogP contribution is 2.41. The van der Waals surface area contributed by atoms with E-state index in [0.717, 1.165) is 42.4 Å². The van der Waals surface area contributed by atoms with E-state index in [4.69, 9.17) is 4.74 Å². The van der Waals surface area contributed by atoms with Crippen molar-refractivity contribution in [2.45, 2.75) is 37.7 Å². The smallest absolute Gasteiger partial charge is 0.310 e. The van der Waals surface area contributed by atoms with Gasteiger partial charge in [0.1, 0.15) is 0 Å². The van der Waals surface area contributed by atoms with Gasteiger partial charge in [0, 0.05) is 16.7 Å². The molecule has 0 aromatic heterocycles. The Bertz CT molecular complexity index is 785. The van der Waals surface area contributed by atoms with Gasteiger partial charge in [-0.25, -0.2) is 0 Å². The van der Waals surface area contributed by atoms with E-state index in [2.05, 4.69) is 0 Å². The van der Waals surface area contributed by atoms with E-state index < -0.39 is 5.60 Å². The lowest BCUT2D eigenvalue weighted by Crippen LogP contribution is -2.37. The van der Waals surface area contributed by atoms with Crippen molar-refractivity contribution in [3.8, 4) is 0 Å². The zero-order valence-corrected chi connectivity index (χ0v) is 16.1. The summed E-state index contributed by atoms with van der Waals surface area (Å²) < 4.78 is 6.50. The Morgan fingerprint density at radius 1 is 0.643 bits per heavy atom. The van der Waals surface area contributed by atoms with Crippen LogP contribution >= 0.6 is 0 Å². The van der Waals surface area contributed by atoms with Crippen LogP contribution in [0.5, 0.6) is 0 Å². The van der Waals surface area contributed by atoms with Crippen molar-refractivity contribution in [1.82, 2.24) is 0 Å². The van der Waals surface area contributed by atoms with Gasteiger partial charge in [-0.3, -0.25) is 4.79 Å². The molecule has 2 nitrogen and oxygen atoms in total. The van der Waals surface area contributed by atoms with E-state index in [1.807, 2.05) is 91.0 Å². The standard InChI is InChI=1S/C26H26O2/c27-25(21-13-5-1-6-14-21)28-26(22-15-7-2-8-16-22,23-17-9-3-10-18-23)24-19-11-4-12-20-24/h2-4,7-12,15-21H,1,5-6,13-14H2. The van der Waals surface area contributed by atoms with Crippen LogP contribution < -0.4 is 0 Å². The third-order valence-corrected chi connectivity index (χ3v) is 5.73. The van der Waals surface area contributed by atoms with E-state index in [1.165, 1.54) is 6.42 Å². The molecular formula is C26H26O2. The SMILES string of the molecule is O=C(OC(c1ccccc1)(c1ccccc1)c1ccccc1)C1CCCCC1. The third kappa shape index (κ3) is 3.60. The molecule has 1 saturated carbocycles. The molecule has 0 N–H and O–H groups in total. The molecule has 2 heteroatoms. The Hall–Kier alpha value is -2.87. The fraction of sp³-hybridized carbons (Fsp3) is 0.269. The van der Waals surface area contributed by atoms with Crippen LogP contribution in [-0.4, -0.2) is 5.97 Å². The van der Waals surface area contributed by atoms with E-state index >= 15 is 0 Å². The highest BCUT2D eigenvalue weighted by Gasteiger charge is 2.41. The largest absolute Gasteiger partial charge is 0.444 e. The second-order valence-corrected chi connectivity index (χ2v) is 7.54. The molecular weight excluding hydrogens is 344 g/mol. The zero-order chi connectivity index (χ0) is 19.2. The van der Waals surface area contributed by atoms with Crippen LogP contribution in [0.2, 0.25) is 0 Å². The van der Waals surface area contributed by atoms with Crippen LogP contribution in [0.3, 0.4) is 0 Å². The van der Waals surface area contributed by atoms with Crippen molar-refractivity contribution in [2.24, 2.45) is 5.92 Å². The molecule has 3 aromatic carbocycles. The molecule has 28 heavy (non-hydrogen) atoms. The van der Waals surface area contributed by atoms with Gasteiger partial charge < -0.3 is 4.74 Å². The predicted molar refractivity (Wildman–Crippen MR) is 112 cm³/mol. The first-order chi connectivity index (χ1) is 13.8. The summed E-state index contributed by atoms with van der Waals surface area (Å²) in [5.41, 5.74) is 1.96. The Kier molecular flexibility index (Phi) is 5.57. The Labute approximate surface area is 167 Å². The minimum atomic E-state index is -0.946. The normalized spacial score (nSPS) is 15.1. The number of esters is 1. The summed E-state index contributed by atoms with van der Waals surface area (Å²) in [4.78, 5) is 13.3. The van der Waals surface area contributed by atoms with Crippen molar-refractivity contribution in [3.63, 3.8) is 0 Å². The van der Waals surface area contributed by atoms with Crippen molar-refractivity contribution in [3.05, 3.63) is 108 Å². The molecule has 0 bridgehead atoms. The monoisotopic (exact) mass is 370 g/mol. The van der Waals surface area contributed by atoms with Crippen molar-refractivity contribution in [2.75, 3.05) is 0 Å². The van der Waals surface area contributed by atoms with Crippen molar-refractivity contribution < 1.29 is 9.53 Å². The molecule has 0 unspecified atom stereocenters. The first kappa shape index (κ1) is 18.5.